The third kappa shape index (κ3) is 6.66. The molecular weight excluding hydrogens is 537 g/mol. The number of nitriles is 1. The number of ether oxygens (including phenoxy) is 2. The van der Waals surface area contributed by atoms with E-state index in [9.17, 15) is 9.59 Å². The summed E-state index contributed by atoms with van der Waals surface area (Å²) in [6.45, 7) is 2.78. The summed E-state index contributed by atoms with van der Waals surface area (Å²) in [4.78, 5) is 28.7. The Balaban J connectivity index is 1.55. The number of aryl methyl sites for hydroxylation is 1. The van der Waals surface area contributed by atoms with Gasteiger partial charge in [-0.15, -0.1) is 11.6 Å². The van der Waals surface area contributed by atoms with Crippen LogP contribution < -0.4 is 15.0 Å². The van der Waals surface area contributed by atoms with Crippen LogP contribution in [0.2, 0.25) is 5.02 Å². The van der Waals surface area contributed by atoms with E-state index in [-0.39, 0.29) is 29.4 Å². The maximum Gasteiger partial charge on any atom is 0.258 e. The molecule has 9 heteroatoms. The molecule has 4 rings (SSSR count). The second-order valence-electron chi connectivity index (χ2n) is 8.76. The average molecular weight is 562 g/mol. The fourth-order valence-corrected chi connectivity index (χ4v) is 4.45. The number of benzene rings is 2. The smallest absolute Gasteiger partial charge is 0.258 e. The highest BCUT2D eigenvalue weighted by Gasteiger charge is 2.14. The van der Waals surface area contributed by atoms with Gasteiger partial charge in [0.15, 0.2) is 6.29 Å². The van der Waals surface area contributed by atoms with Crippen molar-refractivity contribution in [1.29, 1.82) is 5.26 Å². The first-order chi connectivity index (χ1) is 18.9. The fraction of sp³-hybridized carbons (Fsp3) is 0.200. The number of aromatic nitrogens is 2. The summed E-state index contributed by atoms with van der Waals surface area (Å²) in [6.07, 6.45) is 6.17. The van der Waals surface area contributed by atoms with Crippen LogP contribution in [0.25, 0.3) is 11.1 Å². The van der Waals surface area contributed by atoms with Crippen molar-refractivity contribution in [2.24, 2.45) is 0 Å². The Morgan fingerprint density at radius 1 is 1.05 bits per heavy atom. The quantitative estimate of drug-likeness (QED) is 0.156. The van der Waals surface area contributed by atoms with Crippen molar-refractivity contribution >= 4 is 29.5 Å². The van der Waals surface area contributed by atoms with Gasteiger partial charge in [-0.05, 0) is 54.3 Å². The number of halogens is 2. The Kier molecular flexibility index (Phi) is 9.37. The van der Waals surface area contributed by atoms with E-state index in [0.29, 0.717) is 53.3 Å². The SMILES string of the molecule is Cc1c(COc2cc(OCc3cncc(C#N)c3)c(C=O)cc2Cl)cccc1-c1cccn(CCCCl)c1=O. The zero-order valence-electron chi connectivity index (χ0n) is 21.2. The minimum atomic E-state index is -0.0754. The van der Waals surface area contributed by atoms with Crippen molar-refractivity contribution in [2.45, 2.75) is 33.1 Å². The Bertz CT molecular complexity index is 1590. The molecule has 0 radical (unpaired) electrons. The van der Waals surface area contributed by atoms with E-state index in [2.05, 4.69) is 4.98 Å². The predicted molar refractivity (Wildman–Crippen MR) is 151 cm³/mol. The minimum Gasteiger partial charge on any atom is -0.488 e. The van der Waals surface area contributed by atoms with Gasteiger partial charge in [0.2, 0.25) is 0 Å². The summed E-state index contributed by atoms with van der Waals surface area (Å²) in [5.41, 5.74) is 4.49. The molecule has 0 aliphatic rings. The third-order valence-electron chi connectivity index (χ3n) is 6.18. The summed E-state index contributed by atoms with van der Waals surface area (Å²) >= 11 is 12.2. The van der Waals surface area contributed by atoms with Crippen LogP contribution in [0.5, 0.6) is 11.5 Å². The zero-order chi connectivity index (χ0) is 27.8. The molecule has 0 saturated heterocycles. The number of hydrogen-bond acceptors (Lipinski definition) is 6. The number of nitrogens with zero attached hydrogens (tertiary/aromatic N) is 3. The van der Waals surface area contributed by atoms with Gasteiger partial charge in [-0.25, -0.2) is 0 Å². The first-order valence-corrected chi connectivity index (χ1v) is 13.1. The van der Waals surface area contributed by atoms with Crippen molar-refractivity contribution in [3.8, 4) is 28.7 Å². The molecule has 0 aliphatic carbocycles. The number of hydrogen-bond donors (Lipinski definition) is 0. The highest BCUT2D eigenvalue weighted by molar-refractivity contribution is 6.32. The largest absolute Gasteiger partial charge is 0.488 e. The second kappa shape index (κ2) is 13.1. The van der Waals surface area contributed by atoms with E-state index in [1.165, 1.54) is 12.3 Å². The topological polar surface area (TPSA) is 94.2 Å². The van der Waals surface area contributed by atoms with Gasteiger partial charge in [0.1, 0.15) is 30.8 Å². The molecule has 0 amide bonds. The monoisotopic (exact) mass is 561 g/mol. The normalized spacial score (nSPS) is 10.6. The molecule has 0 atom stereocenters. The lowest BCUT2D eigenvalue weighted by Crippen LogP contribution is -2.21. The van der Waals surface area contributed by atoms with Crippen LogP contribution in [0.4, 0.5) is 0 Å². The van der Waals surface area contributed by atoms with Crippen molar-refractivity contribution in [3.05, 3.63) is 110 Å². The van der Waals surface area contributed by atoms with Crippen molar-refractivity contribution < 1.29 is 14.3 Å². The lowest BCUT2D eigenvalue weighted by Gasteiger charge is -2.16. The van der Waals surface area contributed by atoms with Crippen LogP contribution in [0.3, 0.4) is 0 Å². The number of alkyl halides is 1. The molecule has 0 fully saturated rings. The number of aldehydes is 1. The summed E-state index contributed by atoms with van der Waals surface area (Å²) in [6, 6.07) is 16.1. The Morgan fingerprint density at radius 3 is 2.62 bits per heavy atom. The number of carbonyl (C=O) groups is 1. The van der Waals surface area contributed by atoms with Gasteiger partial charge in [-0.3, -0.25) is 14.6 Å². The number of rotatable bonds is 11. The maximum atomic E-state index is 13.1. The third-order valence-corrected chi connectivity index (χ3v) is 6.74. The van der Waals surface area contributed by atoms with E-state index in [1.54, 1.807) is 29.1 Å². The lowest BCUT2D eigenvalue weighted by molar-refractivity contribution is 0.111. The molecular formula is C30H25Cl2N3O4. The molecule has 0 N–H and O–H groups in total. The van der Waals surface area contributed by atoms with E-state index in [1.807, 2.05) is 43.3 Å². The molecule has 0 saturated carbocycles. The molecule has 0 aliphatic heterocycles. The van der Waals surface area contributed by atoms with Crippen molar-refractivity contribution in [1.82, 2.24) is 9.55 Å². The second-order valence-corrected chi connectivity index (χ2v) is 9.55. The summed E-state index contributed by atoms with van der Waals surface area (Å²) in [7, 11) is 0. The van der Waals surface area contributed by atoms with Crippen LogP contribution in [-0.2, 0) is 19.8 Å². The van der Waals surface area contributed by atoms with Gasteiger partial charge >= 0.3 is 0 Å². The molecule has 2 aromatic heterocycles. The molecule has 0 unspecified atom stereocenters. The van der Waals surface area contributed by atoms with Crippen LogP contribution in [0, 0.1) is 18.3 Å². The highest BCUT2D eigenvalue weighted by atomic mass is 35.5. The average Bonchev–Trinajstić information content (AvgIpc) is 2.96. The summed E-state index contributed by atoms with van der Waals surface area (Å²) in [5.74, 6) is 1.12. The van der Waals surface area contributed by atoms with Gasteiger partial charge in [0, 0.05) is 48.2 Å². The maximum absolute atomic E-state index is 13.1. The number of carbonyl (C=O) groups excluding carboxylic acids is 1. The van der Waals surface area contributed by atoms with Crippen molar-refractivity contribution in [3.63, 3.8) is 0 Å². The summed E-state index contributed by atoms with van der Waals surface area (Å²) in [5, 5.41) is 9.34. The highest BCUT2D eigenvalue weighted by Crippen LogP contribution is 2.34. The standard InChI is InChI=1S/C30H25Cl2N3O4/c1-20-23(5-2-6-25(20)26-7-3-9-35(30(26)37)10-4-8-31)19-39-29-13-28(24(17-36)12-27(29)32)38-18-22-11-21(14-33)15-34-16-22/h2-3,5-7,9,11-13,15-17H,4,8,10,18-19H2,1H3. The van der Waals surface area contributed by atoms with Gasteiger partial charge in [0.05, 0.1) is 16.1 Å². The molecule has 4 aromatic rings. The molecule has 198 valence electrons. The lowest BCUT2D eigenvalue weighted by atomic mass is 9.97. The van der Waals surface area contributed by atoms with Gasteiger partial charge < -0.3 is 14.0 Å². The van der Waals surface area contributed by atoms with E-state index >= 15 is 0 Å². The van der Waals surface area contributed by atoms with Gasteiger partial charge in [-0.2, -0.15) is 5.26 Å². The van der Waals surface area contributed by atoms with Gasteiger partial charge in [-0.1, -0.05) is 29.8 Å². The molecule has 0 bridgehead atoms. The zero-order valence-corrected chi connectivity index (χ0v) is 22.7. The van der Waals surface area contributed by atoms with E-state index in [4.69, 9.17) is 37.9 Å². The van der Waals surface area contributed by atoms with Crippen LogP contribution in [0.15, 0.2) is 71.9 Å². The molecule has 2 aromatic carbocycles. The van der Waals surface area contributed by atoms with Gasteiger partial charge in [0.25, 0.3) is 5.56 Å². The Hall–Kier alpha value is -4.12. The molecule has 39 heavy (non-hydrogen) atoms. The summed E-state index contributed by atoms with van der Waals surface area (Å²) < 4.78 is 13.6. The molecule has 2 heterocycles. The first kappa shape index (κ1) is 27.9. The van der Waals surface area contributed by atoms with Crippen molar-refractivity contribution in [2.75, 3.05) is 5.88 Å². The van der Waals surface area contributed by atoms with Crippen LogP contribution in [0.1, 0.15) is 39.0 Å². The predicted octanol–water partition coefficient (Wildman–Crippen LogP) is 6.34. The Morgan fingerprint density at radius 2 is 1.85 bits per heavy atom. The molecule has 0 spiro atoms. The van der Waals surface area contributed by atoms with Crippen LogP contribution in [-0.4, -0.2) is 21.7 Å². The Labute approximate surface area is 236 Å². The van der Waals surface area contributed by atoms with E-state index in [0.717, 1.165) is 16.7 Å². The fourth-order valence-electron chi connectivity index (χ4n) is 4.10. The first-order valence-electron chi connectivity index (χ1n) is 12.2. The molecule has 7 nitrogen and oxygen atoms in total. The van der Waals surface area contributed by atoms with Crippen LogP contribution >= 0.6 is 23.2 Å². The number of pyridine rings is 2. The minimum absolute atomic E-state index is 0.0754. The van der Waals surface area contributed by atoms with E-state index < -0.39 is 0 Å².